The molecule has 0 saturated carbocycles. The van der Waals surface area contributed by atoms with E-state index < -0.39 is 5.76 Å². The zero-order valence-corrected chi connectivity index (χ0v) is 12.8. The van der Waals surface area contributed by atoms with E-state index in [1.807, 2.05) is 18.2 Å². The maximum absolute atomic E-state index is 12.6. The molecule has 0 atom stereocenters. The second-order valence-electron chi connectivity index (χ2n) is 4.94. The average molecular weight is 325 g/mol. The van der Waals surface area contributed by atoms with E-state index in [4.69, 9.17) is 8.83 Å². The third kappa shape index (κ3) is 3.19. The minimum absolute atomic E-state index is 0.0350. The van der Waals surface area contributed by atoms with Crippen LogP contribution in [0.15, 0.2) is 75.0 Å². The van der Waals surface area contributed by atoms with Crippen molar-refractivity contribution in [1.29, 1.82) is 0 Å². The van der Waals surface area contributed by atoms with E-state index >= 15 is 0 Å². The van der Waals surface area contributed by atoms with Crippen LogP contribution >= 0.6 is 0 Å². The first kappa shape index (κ1) is 15.5. The Hall–Kier alpha value is -3.35. The lowest BCUT2D eigenvalue weighted by Gasteiger charge is -2.20. The third-order valence-corrected chi connectivity index (χ3v) is 3.30. The standard InChI is InChI=1S/C17H15N3O4/c1-2-10-19(13-7-4-3-5-8-13)15(21)12-20-17(22)24-16(18-20)14-9-6-11-23-14/h2-9,11H,1,10,12H2. The fourth-order valence-electron chi connectivity index (χ4n) is 2.21. The van der Waals surface area contributed by atoms with Gasteiger partial charge in [-0.05, 0) is 24.3 Å². The van der Waals surface area contributed by atoms with Crippen LogP contribution in [0.1, 0.15) is 0 Å². The van der Waals surface area contributed by atoms with Crippen molar-refractivity contribution in [1.82, 2.24) is 9.78 Å². The van der Waals surface area contributed by atoms with Crippen LogP contribution in [0, 0.1) is 0 Å². The number of furan rings is 1. The largest absolute Gasteiger partial charge is 0.459 e. The highest BCUT2D eigenvalue weighted by atomic mass is 16.4. The number of benzene rings is 1. The molecule has 0 aliphatic heterocycles. The molecule has 0 radical (unpaired) electrons. The van der Waals surface area contributed by atoms with E-state index in [2.05, 4.69) is 11.7 Å². The number of carbonyl (C=O) groups is 1. The van der Waals surface area contributed by atoms with Gasteiger partial charge in [0.25, 0.3) is 5.89 Å². The number of aromatic nitrogens is 2. The van der Waals surface area contributed by atoms with E-state index in [9.17, 15) is 9.59 Å². The number of anilines is 1. The smallest absolute Gasteiger partial charge is 0.437 e. The maximum Gasteiger partial charge on any atom is 0.437 e. The second-order valence-corrected chi connectivity index (χ2v) is 4.94. The van der Waals surface area contributed by atoms with Crippen LogP contribution in [-0.2, 0) is 11.3 Å². The number of nitrogens with zero attached hydrogens (tertiary/aromatic N) is 3. The van der Waals surface area contributed by atoms with Gasteiger partial charge in [-0.3, -0.25) is 4.79 Å². The Balaban J connectivity index is 1.83. The molecule has 0 bridgehead atoms. The minimum atomic E-state index is -0.721. The van der Waals surface area contributed by atoms with Gasteiger partial charge in [0.2, 0.25) is 5.91 Å². The Labute approximate surface area is 137 Å². The summed E-state index contributed by atoms with van der Waals surface area (Å²) in [6.07, 6.45) is 3.06. The van der Waals surface area contributed by atoms with Gasteiger partial charge in [-0.15, -0.1) is 11.7 Å². The van der Waals surface area contributed by atoms with Gasteiger partial charge in [-0.2, -0.15) is 4.68 Å². The SMILES string of the molecule is C=CCN(C(=O)Cn1nc(-c2ccco2)oc1=O)c1ccccc1. The van der Waals surface area contributed by atoms with Gasteiger partial charge < -0.3 is 13.7 Å². The Morgan fingerprint density at radius 2 is 2.04 bits per heavy atom. The normalized spacial score (nSPS) is 10.5. The van der Waals surface area contributed by atoms with E-state index in [0.717, 1.165) is 4.68 Å². The van der Waals surface area contributed by atoms with Crippen LogP contribution in [0.4, 0.5) is 5.69 Å². The van der Waals surface area contributed by atoms with Gasteiger partial charge in [-0.25, -0.2) is 4.79 Å². The first-order valence-electron chi connectivity index (χ1n) is 7.27. The number of carbonyl (C=O) groups excluding carboxylic acids is 1. The van der Waals surface area contributed by atoms with Gasteiger partial charge in [0.05, 0.1) is 6.26 Å². The third-order valence-electron chi connectivity index (χ3n) is 3.30. The Morgan fingerprint density at radius 1 is 1.25 bits per heavy atom. The summed E-state index contributed by atoms with van der Waals surface area (Å²) in [6, 6.07) is 12.4. The molecule has 0 aliphatic rings. The molecular formula is C17H15N3O4. The summed E-state index contributed by atoms with van der Waals surface area (Å²) in [5, 5.41) is 4.00. The summed E-state index contributed by atoms with van der Waals surface area (Å²) in [5.74, 6) is -0.666. The molecule has 7 nitrogen and oxygen atoms in total. The predicted octanol–water partition coefficient (Wildman–Crippen LogP) is 2.32. The predicted molar refractivity (Wildman–Crippen MR) is 87.5 cm³/mol. The first-order valence-corrected chi connectivity index (χ1v) is 7.27. The molecule has 24 heavy (non-hydrogen) atoms. The zero-order valence-electron chi connectivity index (χ0n) is 12.8. The molecule has 1 amide bonds. The van der Waals surface area contributed by atoms with Gasteiger partial charge in [0.15, 0.2) is 5.76 Å². The Morgan fingerprint density at radius 3 is 2.71 bits per heavy atom. The number of rotatable bonds is 6. The topological polar surface area (TPSA) is 81.5 Å². The molecule has 2 heterocycles. The molecule has 1 aromatic carbocycles. The van der Waals surface area contributed by atoms with Crippen LogP contribution in [0.5, 0.6) is 0 Å². The van der Waals surface area contributed by atoms with Crippen LogP contribution in [0.25, 0.3) is 11.7 Å². The number of hydrogen-bond donors (Lipinski definition) is 0. The molecule has 0 N–H and O–H groups in total. The van der Waals surface area contributed by atoms with Crippen molar-refractivity contribution in [2.75, 3.05) is 11.4 Å². The van der Waals surface area contributed by atoms with Crippen molar-refractivity contribution in [3.05, 3.63) is 71.9 Å². The highest BCUT2D eigenvalue weighted by Crippen LogP contribution is 2.16. The minimum Gasteiger partial charge on any atom is -0.459 e. The number of para-hydroxylation sites is 1. The maximum atomic E-state index is 12.6. The van der Waals surface area contributed by atoms with Crippen LogP contribution in [-0.4, -0.2) is 22.2 Å². The summed E-state index contributed by atoms with van der Waals surface area (Å²) in [7, 11) is 0. The van der Waals surface area contributed by atoms with Crippen molar-refractivity contribution in [2.45, 2.75) is 6.54 Å². The van der Waals surface area contributed by atoms with E-state index in [0.29, 0.717) is 18.0 Å². The molecule has 0 aliphatic carbocycles. The number of amides is 1. The van der Waals surface area contributed by atoms with Crippen molar-refractivity contribution in [3.8, 4) is 11.7 Å². The molecule has 122 valence electrons. The monoisotopic (exact) mass is 325 g/mol. The fraction of sp³-hybridized carbons (Fsp3) is 0.118. The van der Waals surface area contributed by atoms with Crippen molar-refractivity contribution in [3.63, 3.8) is 0 Å². The second kappa shape index (κ2) is 6.82. The fourth-order valence-corrected chi connectivity index (χ4v) is 2.21. The van der Waals surface area contributed by atoms with E-state index in [1.54, 1.807) is 30.3 Å². The molecule has 0 saturated heterocycles. The van der Waals surface area contributed by atoms with Gasteiger partial charge in [0, 0.05) is 12.2 Å². The highest BCUT2D eigenvalue weighted by molar-refractivity contribution is 5.93. The summed E-state index contributed by atoms with van der Waals surface area (Å²) < 4.78 is 11.1. The van der Waals surface area contributed by atoms with Crippen molar-refractivity contribution in [2.24, 2.45) is 0 Å². The molecular weight excluding hydrogens is 310 g/mol. The van der Waals surface area contributed by atoms with Crippen LogP contribution in [0.2, 0.25) is 0 Å². The lowest BCUT2D eigenvalue weighted by Crippen LogP contribution is -2.36. The summed E-state index contributed by atoms with van der Waals surface area (Å²) >= 11 is 0. The highest BCUT2D eigenvalue weighted by Gasteiger charge is 2.19. The molecule has 0 fully saturated rings. The lowest BCUT2D eigenvalue weighted by molar-refractivity contribution is -0.119. The molecule has 3 aromatic rings. The van der Waals surface area contributed by atoms with Crippen molar-refractivity contribution >= 4 is 11.6 Å². The molecule has 2 aromatic heterocycles. The molecule has 0 spiro atoms. The van der Waals surface area contributed by atoms with Crippen molar-refractivity contribution < 1.29 is 13.6 Å². The average Bonchev–Trinajstić information content (AvgIpc) is 3.24. The Kier molecular flexibility index (Phi) is 4.42. The van der Waals surface area contributed by atoms with Gasteiger partial charge in [0.1, 0.15) is 6.54 Å². The summed E-state index contributed by atoms with van der Waals surface area (Å²) in [4.78, 5) is 26.0. The molecule has 7 heteroatoms. The summed E-state index contributed by atoms with van der Waals surface area (Å²) in [5.41, 5.74) is 0.713. The molecule has 0 unspecified atom stereocenters. The zero-order chi connectivity index (χ0) is 16.9. The quantitative estimate of drug-likeness (QED) is 0.650. The van der Waals surface area contributed by atoms with E-state index in [1.165, 1.54) is 11.2 Å². The molecule has 3 rings (SSSR count). The van der Waals surface area contributed by atoms with Gasteiger partial charge >= 0.3 is 5.76 Å². The summed E-state index contributed by atoms with van der Waals surface area (Å²) in [6.45, 7) is 3.74. The number of hydrogen-bond acceptors (Lipinski definition) is 5. The van der Waals surface area contributed by atoms with Gasteiger partial charge in [-0.1, -0.05) is 24.3 Å². The van der Waals surface area contributed by atoms with E-state index in [-0.39, 0.29) is 18.3 Å². The van der Waals surface area contributed by atoms with Crippen LogP contribution < -0.4 is 10.7 Å². The first-order chi connectivity index (χ1) is 11.7. The lowest BCUT2D eigenvalue weighted by atomic mass is 10.2. The van der Waals surface area contributed by atoms with Crippen LogP contribution in [0.3, 0.4) is 0 Å². The Bertz CT molecular complexity index is 878.